The highest BCUT2D eigenvalue weighted by molar-refractivity contribution is 6.04. The van der Waals surface area contributed by atoms with E-state index in [2.05, 4.69) is 17.2 Å². The van der Waals surface area contributed by atoms with Gasteiger partial charge in [0.15, 0.2) is 0 Å². The monoisotopic (exact) mass is 287 g/mol. The van der Waals surface area contributed by atoms with Crippen LogP contribution in [-0.4, -0.2) is 17.6 Å². The van der Waals surface area contributed by atoms with Crippen molar-refractivity contribution in [2.24, 2.45) is 0 Å². The molecule has 0 saturated heterocycles. The molecule has 108 valence electrons. The number of benzene rings is 1. The summed E-state index contributed by atoms with van der Waals surface area (Å²) in [6, 6.07) is 5.82. The molecule has 1 heterocycles. The molecule has 0 fully saturated rings. The Hall–Kier alpha value is -2.58. The minimum absolute atomic E-state index is 0.0341. The van der Waals surface area contributed by atoms with Crippen molar-refractivity contribution < 1.29 is 18.7 Å². The Bertz CT molecular complexity index is 710. The molecule has 0 aliphatic heterocycles. The molecule has 2 aromatic rings. The van der Waals surface area contributed by atoms with E-state index >= 15 is 0 Å². The van der Waals surface area contributed by atoms with E-state index in [1.807, 2.05) is 0 Å². The summed E-state index contributed by atoms with van der Waals surface area (Å²) in [6.45, 7) is 1.62. The fourth-order valence-corrected chi connectivity index (χ4v) is 1.72. The zero-order valence-corrected chi connectivity index (χ0v) is 11.4. The molecule has 4 nitrogen and oxygen atoms in total. The Morgan fingerprint density at radius 3 is 2.86 bits per heavy atom. The molecular weight excluding hydrogens is 273 g/mol. The van der Waals surface area contributed by atoms with Gasteiger partial charge < -0.3 is 14.8 Å². The first kappa shape index (κ1) is 14.8. The SMILES string of the molecule is Cc1occc1C(=O)Nc1ccc(C#CCCO)cc1F. The Balaban J connectivity index is 2.13. The van der Waals surface area contributed by atoms with Crippen molar-refractivity contribution in [2.45, 2.75) is 13.3 Å². The highest BCUT2D eigenvalue weighted by Gasteiger charge is 2.13. The molecular formula is C16H14FNO3. The van der Waals surface area contributed by atoms with E-state index in [1.54, 1.807) is 13.0 Å². The maximum Gasteiger partial charge on any atom is 0.259 e. The normalized spacial score (nSPS) is 9.86. The topological polar surface area (TPSA) is 62.5 Å². The third kappa shape index (κ3) is 3.71. The van der Waals surface area contributed by atoms with Crippen LogP contribution in [0.3, 0.4) is 0 Å². The van der Waals surface area contributed by atoms with Crippen LogP contribution in [0.25, 0.3) is 0 Å². The highest BCUT2D eigenvalue weighted by Crippen LogP contribution is 2.18. The zero-order chi connectivity index (χ0) is 15.2. The van der Waals surface area contributed by atoms with Crippen molar-refractivity contribution >= 4 is 11.6 Å². The van der Waals surface area contributed by atoms with E-state index in [9.17, 15) is 9.18 Å². The second-order valence-corrected chi connectivity index (χ2v) is 4.31. The third-order valence-electron chi connectivity index (χ3n) is 2.79. The molecule has 0 aliphatic rings. The summed E-state index contributed by atoms with van der Waals surface area (Å²) in [7, 11) is 0. The number of carbonyl (C=O) groups is 1. The van der Waals surface area contributed by atoms with Crippen molar-refractivity contribution in [3.8, 4) is 11.8 Å². The molecule has 2 N–H and O–H groups in total. The van der Waals surface area contributed by atoms with Crippen LogP contribution < -0.4 is 5.32 Å². The molecule has 0 saturated carbocycles. The molecule has 1 amide bonds. The Kier molecular flexibility index (Phi) is 4.75. The molecule has 0 radical (unpaired) electrons. The number of rotatable bonds is 3. The number of aryl methyl sites for hydroxylation is 1. The second-order valence-electron chi connectivity index (χ2n) is 4.31. The molecule has 0 atom stereocenters. The Morgan fingerprint density at radius 1 is 1.43 bits per heavy atom. The van der Waals surface area contributed by atoms with E-state index in [0.29, 0.717) is 23.3 Å². The zero-order valence-electron chi connectivity index (χ0n) is 11.4. The molecule has 2 rings (SSSR count). The molecule has 0 bridgehead atoms. The lowest BCUT2D eigenvalue weighted by Crippen LogP contribution is -2.13. The lowest BCUT2D eigenvalue weighted by molar-refractivity contribution is 0.102. The average Bonchev–Trinajstić information content (AvgIpc) is 2.88. The molecule has 0 spiro atoms. The largest absolute Gasteiger partial charge is 0.469 e. The summed E-state index contributed by atoms with van der Waals surface area (Å²) >= 11 is 0. The molecule has 0 unspecified atom stereocenters. The first-order valence-electron chi connectivity index (χ1n) is 6.36. The summed E-state index contributed by atoms with van der Waals surface area (Å²) in [6.07, 6.45) is 1.74. The predicted molar refractivity (Wildman–Crippen MR) is 76.4 cm³/mol. The maximum atomic E-state index is 13.9. The van der Waals surface area contributed by atoms with Gasteiger partial charge in [-0.2, -0.15) is 0 Å². The van der Waals surface area contributed by atoms with Gasteiger partial charge in [-0.3, -0.25) is 4.79 Å². The van der Waals surface area contributed by atoms with E-state index in [-0.39, 0.29) is 12.3 Å². The van der Waals surface area contributed by atoms with E-state index < -0.39 is 11.7 Å². The van der Waals surface area contributed by atoms with E-state index in [4.69, 9.17) is 9.52 Å². The second kappa shape index (κ2) is 6.73. The third-order valence-corrected chi connectivity index (χ3v) is 2.79. The van der Waals surface area contributed by atoms with Crippen LogP contribution in [-0.2, 0) is 0 Å². The standard InChI is InChI=1S/C16H14FNO3/c1-11-13(7-9-21-11)16(20)18-15-6-5-12(10-14(15)17)4-2-3-8-19/h5-7,9-10,19H,3,8H2,1H3,(H,18,20). The van der Waals surface area contributed by atoms with Gasteiger partial charge in [-0.1, -0.05) is 11.8 Å². The number of nitrogens with one attached hydrogen (secondary N) is 1. The molecule has 0 aliphatic carbocycles. The van der Waals surface area contributed by atoms with Crippen molar-refractivity contribution in [3.63, 3.8) is 0 Å². The first-order chi connectivity index (χ1) is 10.1. The maximum absolute atomic E-state index is 13.9. The van der Waals surface area contributed by atoms with Crippen LogP contribution in [0.15, 0.2) is 34.9 Å². The van der Waals surface area contributed by atoms with Gasteiger partial charge in [-0.05, 0) is 31.2 Å². The van der Waals surface area contributed by atoms with Gasteiger partial charge in [0.25, 0.3) is 5.91 Å². The summed E-state index contributed by atoms with van der Waals surface area (Å²) in [5.74, 6) is 4.90. The summed E-state index contributed by atoms with van der Waals surface area (Å²) in [5, 5.41) is 11.1. The van der Waals surface area contributed by atoms with Crippen LogP contribution >= 0.6 is 0 Å². The fraction of sp³-hybridized carbons (Fsp3) is 0.188. The molecule has 21 heavy (non-hydrogen) atoms. The Labute approximate surface area is 121 Å². The lowest BCUT2D eigenvalue weighted by atomic mass is 10.2. The minimum atomic E-state index is -0.569. The van der Waals surface area contributed by atoms with Crippen LogP contribution in [0.4, 0.5) is 10.1 Å². The van der Waals surface area contributed by atoms with Gasteiger partial charge in [-0.25, -0.2) is 4.39 Å². The predicted octanol–water partition coefficient (Wildman–Crippen LogP) is 2.71. The minimum Gasteiger partial charge on any atom is -0.469 e. The van der Waals surface area contributed by atoms with Gasteiger partial charge >= 0.3 is 0 Å². The van der Waals surface area contributed by atoms with Gasteiger partial charge in [0.2, 0.25) is 0 Å². The average molecular weight is 287 g/mol. The van der Waals surface area contributed by atoms with Crippen LogP contribution in [0.5, 0.6) is 0 Å². The van der Waals surface area contributed by atoms with Crippen LogP contribution in [0.1, 0.15) is 28.1 Å². The lowest BCUT2D eigenvalue weighted by Gasteiger charge is -2.06. The summed E-state index contributed by atoms with van der Waals surface area (Å²) < 4.78 is 18.9. The van der Waals surface area contributed by atoms with Crippen molar-refractivity contribution in [3.05, 3.63) is 53.2 Å². The number of halogens is 1. The van der Waals surface area contributed by atoms with Gasteiger partial charge in [0.1, 0.15) is 11.6 Å². The number of hydrogen-bond donors (Lipinski definition) is 2. The Morgan fingerprint density at radius 2 is 2.24 bits per heavy atom. The number of aliphatic hydroxyl groups excluding tert-OH is 1. The van der Waals surface area contributed by atoms with Crippen molar-refractivity contribution in [1.29, 1.82) is 0 Å². The summed E-state index contributed by atoms with van der Waals surface area (Å²) in [4.78, 5) is 12.0. The van der Waals surface area contributed by atoms with Crippen molar-refractivity contribution in [1.82, 2.24) is 0 Å². The van der Waals surface area contributed by atoms with Gasteiger partial charge in [0.05, 0.1) is 24.1 Å². The first-order valence-corrected chi connectivity index (χ1v) is 6.36. The van der Waals surface area contributed by atoms with Crippen LogP contribution in [0, 0.1) is 24.6 Å². The molecule has 1 aromatic carbocycles. The van der Waals surface area contributed by atoms with Crippen LogP contribution in [0.2, 0.25) is 0 Å². The van der Waals surface area contributed by atoms with E-state index in [1.165, 1.54) is 24.5 Å². The number of aliphatic hydroxyl groups is 1. The number of carbonyl (C=O) groups excluding carboxylic acids is 1. The smallest absolute Gasteiger partial charge is 0.259 e. The van der Waals surface area contributed by atoms with Gasteiger partial charge in [0, 0.05) is 12.0 Å². The van der Waals surface area contributed by atoms with Crippen molar-refractivity contribution in [2.75, 3.05) is 11.9 Å². The summed E-state index contributed by atoms with van der Waals surface area (Å²) in [5.41, 5.74) is 0.924. The number of furan rings is 1. The molecule has 5 heteroatoms. The number of hydrogen-bond acceptors (Lipinski definition) is 3. The van der Waals surface area contributed by atoms with E-state index in [0.717, 1.165) is 0 Å². The number of amides is 1. The number of anilines is 1. The highest BCUT2D eigenvalue weighted by atomic mass is 19.1. The quantitative estimate of drug-likeness (QED) is 0.853. The molecule has 1 aromatic heterocycles. The fourth-order valence-electron chi connectivity index (χ4n) is 1.72. The van der Waals surface area contributed by atoms with Gasteiger partial charge in [-0.15, -0.1) is 0 Å².